The van der Waals surface area contributed by atoms with E-state index in [1.807, 2.05) is 11.0 Å². The first-order valence-corrected chi connectivity index (χ1v) is 11.3. The zero-order valence-electron chi connectivity index (χ0n) is 17.1. The predicted octanol–water partition coefficient (Wildman–Crippen LogP) is 3.71. The standard InChI is InChI=1S/C23H25FN4OS/c1-16(29)28-9-7-18-14-17(2-5-21(18)28)6-8-26-10-12-27(13-11-26)23-20-4-3-19(24)15-22(20)30-25-23/h2-5,14-15H,6-13H2,1H3. The Bertz CT molecular complexity index is 1090. The van der Waals surface area contributed by atoms with E-state index in [2.05, 4.69) is 32.4 Å². The summed E-state index contributed by atoms with van der Waals surface area (Å²) in [4.78, 5) is 18.4. The summed E-state index contributed by atoms with van der Waals surface area (Å²) in [5.74, 6) is 0.906. The molecule has 1 amide bonds. The molecular formula is C23H25FN4OS. The molecule has 3 heterocycles. The lowest BCUT2D eigenvalue weighted by molar-refractivity contribution is -0.116. The molecule has 0 atom stereocenters. The first kappa shape index (κ1) is 19.5. The van der Waals surface area contributed by atoms with E-state index in [9.17, 15) is 9.18 Å². The van der Waals surface area contributed by atoms with Crippen molar-refractivity contribution < 1.29 is 9.18 Å². The van der Waals surface area contributed by atoms with E-state index >= 15 is 0 Å². The van der Waals surface area contributed by atoms with Crippen molar-refractivity contribution in [3.05, 3.63) is 53.3 Å². The van der Waals surface area contributed by atoms with Crippen molar-refractivity contribution in [1.29, 1.82) is 0 Å². The summed E-state index contributed by atoms with van der Waals surface area (Å²) in [7, 11) is 0. The van der Waals surface area contributed by atoms with Gasteiger partial charge in [-0.1, -0.05) is 12.1 Å². The van der Waals surface area contributed by atoms with Gasteiger partial charge in [0, 0.05) is 57.3 Å². The van der Waals surface area contributed by atoms with Crippen molar-refractivity contribution in [3.8, 4) is 0 Å². The normalized spacial score (nSPS) is 17.0. The highest BCUT2D eigenvalue weighted by atomic mass is 32.1. The van der Waals surface area contributed by atoms with E-state index in [0.29, 0.717) is 0 Å². The maximum Gasteiger partial charge on any atom is 0.223 e. The lowest BCUT2D eigenvalue weighted by Crippen LogP contribution is -2.47. The Morgan fingerprint density at radius 2 is 1.93 bits per heavy atom. The molecule has 0 unspecified atom stereocenters. The summed E-state index contributed by atoms with van der Waals surface area (Å²) in [6, 6.07) is 11.5. The second-order valence-electron chi connectivity index (χ2n) is 8.11. The molecule has 0 spiro atoms. The third kappa shape index (κ3) is 3.68. The van der Waals surface area contributed by atoms with Crippen molar-refractivity contribution in [1.82, 2.24) is 9.27 Å². The topological polar surface area (TPSA) is 39.7 Å². The number of halogens is 1. The average molecular weight is 425 g/mol. The molecule has 3 aromatic rings. The zero-order valence-corrected chi connectivity index (χ0v) is 17.9. The minimum absolute atomic E-state index is 0.123. The number of amides is 1. The summed E-state index contributed by atoms with van der Waals surface area (Å²) >= 11 is 1.37. The van der Waals surface area contributed by atoms with Crippen molar-refractivity contribution in [2.45, 2.75) is 19.8 Å². The highest BCUT2D eigenvalue weighted by molar-refractivity contribution is 7.13. The molecule has 0 saturated carbocycles. The summed E-state index contributed by atoms with van der Waals surface area (Å²) in [6.45, 7) is 7.35. The van der Waals surface area contributed by atoms with Crippen molar-refractivity contribution in [2.24, 2.45) is 0 Å². The van der Waals surface area contributed by atoms with Gasteiger partial charge in [0.05, 0.1) is 4.70 Å². The molecule has 30 heavy (non-hydrogen) atoms. The monoisotopic (exact) mass is 424 g/mol. The van der Waals surface area contributed by atoms with Gasteiger partial charge in [0.25, 0.3) is 0 Å². The van der Waals surface area contributed by atoms with Gasteiger partial charge in [-0.25, -0.2) is 4.39 Å². The van der Waals surface area contributed by atoms with Crippen LogP contribution in [0.3, 0.4) is 0 Å². The summed E-state index contributed by atoms with van der Waals surface area (Å²) < 4.78 is 18.9. The van der Waals surface area contributed by atoms with Crippen LogP contribution in [-0.2, 0) is 17.6 Å². The van der Waals surface area contributed by atoms with Gasteiger partial charge in [0.2, 0.25) is 5.91 Å². The zero-order chi connectivity index (χ0) is 20.7. The molecular weight excluding hydrogens is 399 g/mol. The lowest BCUT2D eigenvalue weighted by Gasteiger charge is -2.35. The highest BCUT2D eigenvalue weighted by Crippen LogP contribution is 2.31. The Hall–Kier alpha value is -2.51. The molecule has 1 aromatic heterocycles. The van der Waals surface area contributed by atoms with E-state index in [1.54, 1.807) is 13.0 Å². The van der Waals surface area contributed by atoms with Crippen molar-refractivity contribution in [2.75, 3.05) is 49.1 Å². The van der Waals surface area contributed by atoms with Gasteiger partial charge < -0.3 is 9.80 Å². The first-order valence-electron chi connectivity index (χ1n) is 10.5. The minimum atomic E-state index is -0.205. The average Bonchev–Trinajstić information content (AvgIpc) is 3.36. The molecule has 0 bridgehead atoms. The van der Waals surface area contributed by atoms with Gasteiger partial charge >= 0.3 is 0 Å². The van der Waals surface area contributed by atoms with Gasteiger partial charge in [0.15, 0.2) is 0 Å². The van der Waals surface area contributed by atoms with Gasteiger partial charge in [-0.05, 0) is 59.8 Å². The SMILES string of the molecule is CC(=O)N1CCc2cc(CCN3CCN(c4nsc5cc(F)ccc45)CC3)ccc21. The molecule has 7 heteroatoms. The molecule has 5 rings (SSSR count). The van der Waals surface area contributed by atoms with Gasteiger partial charge in [-0.15, -0.1) is 0 Å². The predicted molar refractivity (Wildman–Crippen MR) is 120 cm³/mol. The van der Waals surface area contributed by atoms with Crippen LogP contribution in [0, 0.1) is 5.82 Å². The maximum absolute atomic E-state index is 13.4. The van der Waals surface area contributed by atoms with E-state index in [-0.39, 0.29) is 11.7 Å². The van der Waals surface area contributed by atoms with Crippen molar-refractivity contribution >= 4 is 39.0 Å². The largest absolute Gasteiger partial charge is 0.353 e. The number of anilines is 2. The lowest BCUT2D eigenvalue weighted by atomic mass is 10.1. The van der Waals surface area contributed by atoms with Crippen LogP contribution in [0.5, 0.6) is 0 Å². The third-order valence-corrected chi connectivity index (χ3v) is 7.02. The number of piperazine rings is 1. The molecule has 1 fully saturated rings. The fourth-order valence-corrected chi connectivity index (χ4v) is 5.36. The van der Waals surface area contributed by atoms with E-state index in [4.69, 9.17) is 0 Å². The number of carbonyl (C=O) groups is 1. The Morgan fingerprint density at radius 3 is 2.73 bits per heavy atom. The van der Waals surface area contributed by atoms with Crippen LogP contribution in [0.1, 0.15) is 18.1 Å². The van der Waals surface area contributed by atoms with Crippen LogP contribution >= 0.6 is 11.5 Å². The Labute approximate surface area is 179 Å². The number of rotatable bonds is 4. The smallest absolute Gasteiger partial charge is 0.223 e. The number of carbonyl (C=O) groups excluding carboxylic acids is 1. The number of aromatic nitrogens is 1. The fourth-order valence-electron chi connectivity index (χ4n) is 4.53. The molecule has 1 saturated heterocycles. The first-order chi connectivity index (χ1) is 14.6. The van der Waals surface area contributed by atoms with E-state index in [0.717, 1.165) is 73.7 Å². The van der Waals surface area contributed by atoms with Crippen LogP contribution in [0.25, 0.3) is 10.1 Å². The van der Waals surface area contributed by atoms with Crippen LogP contribution in [0.15, 0.2) is 36.4 Å². The van der Waals surface area contributed by atoms with Gasteiger partial charge in [-0.3, -0.25) is 9.69 Å². The van der Waals surface area contributed by atoms with Crippen LogP contribution in [0.4, 0.5) is 15.9 Å². The number of hydrogen-bond acceptors (Lipinski definition) is 5. The Balaban J connectivity index is 1.18. The van der Waals surface area contributed by atoms with Crippen LogP contribution in [0.2, 0.25) is 0 Å². The van der Waals surface area contributed by atoms with Crippen LogP contribution < -0.4 is 9.80 Å². The van der Waals surface area contributed by atoms with Gasteiger partial charge in [-0.2, -0.15) is 4.37 Å². The maximum atomic E-state index is 13.4. The Kier molecular flexibility index (Phi) is 5.16. The minimum Gasteiger partial charge on any atom is -0.353 e. The van der Waals surface area contributed by atoms with Crippen molar-refractivity contribution in [3.63, 3.8) is 0 Å². The quantitative estimate of drug-likeness (QED) is 0.640. The number of hydrogen-bond donors (Lipinski definition) is 0. The number of fused-ring (bicyclic) bond motifs is 2. The summed E-state index contributed by atoms with van der Waals surface area (Å²) in [5.41, 5.74) is 3.71. The highest BCUT2D eigenvalue weighted by Gasteiger charge is 2.23. The summed E-state index contributed by atoms with van der Waals surface area (Å²) in [6.07, 6.45) is 1.97. The molecule has 2 aliphatic rings. The molecule has 156 valence electrons. The Morgan fingerprint density at radius 1 is 1.10 bits per heavy atom. The third-order valence-electron chi connectivity index (χ3n) is 6.22. The molecule has 2 aliphatic heterocycles. The molecule has 0 radical (unpaired) electrons. The molecule has 0 aliphatic carbocycles. The fraction of sp³-hybridized carbons (Fsp3) is 0.391. The van der Waals surface area contributed by atoms with E-state index < -0.39 is 0 Å². The van der Waals surface area contributed by atoms with E-state index in [1.165, 1.54) is 28.7 Å². The molecule has 2 aromatic carbocycles. The second kappa shape index (κ2) is 7.96. The summed E-state index contributed by atoms with van der Waals surface area (Å²) in [5, 5.41) is 1.05. The van der Waals surface area contributed by atoms with Gasteiger partial charge in [0.1, 0.15) is 11.6 Å². The van der Waals surface area contributed by atoms with Crippen LogP contribution in [-0.4, -0.2) is 54.4 Å². The molecule has 5 nitrogen and oxygen atoms in total. The second-order valence-corrected chi connectivity index (χ2v) is 8.91. The molecule has 0 N–H and O–H groups in total. The number of benzene rings is 2. The number of nitrogens with zero attached hydrogens (tertiary/aromatic N) is 4.